The number of rotatable bonds is 4. The molecular weight excluding hydrogens is 236 g/mol. The van der Waals surface area contributed by atoms with Crippen molar-refractivity contribution in [2.75, 3.05) is 26.0 Å². The largest absolute Gasteiger partial charge is 0.366 e. The Morgan fingerprint density at radius 3 is 2.56 bits per heavy atom. The summed E-state index contributed by atoms with van der Waals surface area (Å²) in [5.74, 6) is -1.16. The molecule has 1 aliphatic carbocycles. The third-order valence-corrected chi connectivity index (χ3v) is 3.88. The summed E-state index contributed by atoms with van der Waals surface area (Å²) in [5.41, 5.74) is 0.0580. The van der Waals surface area contributed by atoms with E-state index in [1.165, 1.54) is 12.8 Å². The fourth-order valence-corrected chi connectivity index (χ4v) is 2.61. The van der Waals surface area contributed by atoms with Crippen molar-refractivity contribution in [3.8, 4) is 0 Å². The first kappa shape index (κ1) is 13.2. The molecule has 0 atom stereocenters. The maximum absolute atomic E-state index is 13.5. The molecule has 2 rings (SSSR count). The summed E-state index contributed by atoms with van der Waals surface area (Å²) in [6, 6.07) is 0.853. The van der Waals surface area contributed by atoms with Gasteiger partial charge in [0.2, 0.25) is 0 Å². The summed E-state index contributed by atoms with van der Waals surface area (Å²) < 4.78 is 26.2. The van der Waals surface area contributed by atoms with Gasteiger partial charge in [-0.2, -0.15) is 0 Å². The van der Waals surface area contributed by atoms with Gasteiger partial charge in [-0.05, 0) is 26.9 Å². The number of likely N-dealkylation sites (N-methyl/N-ethyl adjacent to an activating group) is 1. The van der Waals surface area contributed by atoms with E-state index in [9.17, 15) is 8.78 Å². The monoisotopic (exact) mass is 255 g/mol. The summed E-state index contributed by atoms with van der Waals surface area (Å²) in [5, 5.41) is 3.01. The Morgan fingerprint density at radius 2 is 2.00 bits per heavy atom. The van der Waals surface area contributed by atoms with Crippen LogP contribution in [0.25, 0.3) is 0 Å². The summed E-state index contributed by atoms with van der Waals surface area (Å²) >= 11 is 0. The molecule has 5 heteroatoms. The molecule has 1 N–H and O–H groups in total. The molecule has 1 aromatic rings. The van der Waals surface area contributed by atoms with Crippen molar-refractivity contribution < 1.29 is 8.78 Å². The van der Waals surface area contributed by atoms with Crippen molar-refractivity contribution in [3.63, 3.8) is 0 Å². The highest BCUT2D eigenvalue weighted by molar-refractivity contribution is 5.36. The SMILES string of the molecule is CN(C)C1(CNc2ncc(F)cc2F)CCCC1. The highest BCUT2D eigenvalue weighted by atomic mass is 19.1. The van der Waals surface area contributed by atoms with Crippen LogP contribution in [0.2, 0.25) is 0 Å². The summed E-state index contributed by atoms with van der Waals surface area (Å²) in [6.45, 7) is 0.634. The number of anilines is 1. The maximum atomic E-state index is 13.5. The molecule has 0 amide bonds. The van der Waals surface area contributed by atoms with Gasteiger partial charge in [0.15, 0.2) is 11.6 Å². The molecule has 3 nitrogen and oxygen atoms in total. The van der Waals surface area contributed by atoms with Crippen molar-refractivity contribution in [2.24, 2.45) is 0 Å². The lowest BCUT2D eigenvalue weighted by atomic mass is 9.96. The first-order chi connectivity index (χ1) is 8.53. The lowest BCUT2D eigenvalue weighted by Crippen LogP contribution is -2.47. The molecular formula is C13H19F2N3. The number of hydrogen-bond donors (Lipinski definition) is 1. The molecule has 0 saturated heterocycles. The standard InChI is InChI=1S/C13H19F2N3/c1-18(2)13(5-3-4-6-13)9-17-12-11(15)7-10(14)8-16-12/h7-8H,3-6,9H2,1-2H3,(H,16,17). The fraction of sp³-hybridized carbons (Fsp3) is 0.615. The summed E-state index contributed by atoms with van der Waals surface area (Å²) in [7, 11) is 4.09. The van der Waals surface area contributed by atoms with E-state index in [0.717, 1.165) is 25.1 Å². The van der Waals surface area contributed by atoms with Crippen LogP contribution >= 0.6 is 0 Å². The van der Waals surface area contributed by atoms with Crippen molar-refractivity contribution in [3.05, 3.63) is 23.9 Å². The second kappa shape index (κ2) is 5.18. The van der Waals surface area contributed by atoms with Gasteiger partial charge in [0.1, 0.15) is 5.82 Å². The van der Waals surface area contributed by atoms with E-state index in [0.29, 0.717) is 6.54 Å². The number of hydrogen-bond acceptors (Lipinski definition) is 3. The quantitative estimate of drug-likeness (QED) is 0.896. The first-order valence-electron chi connectivity index (χ1n) is 6.26. The lowest BCUT2D eigenvalue weighted by Gasteiger charge is -2.36. The number of aromatic nitrogens is 1. The molecule has 0 spiro atoms. The molecule has 18 heavy (non-hydrogen) atoms. The van der Waals surface area contributed by atoms with Crippen LogP contribution in [-0.2, 0) is 0 Å². The summed E-state index contributed by atoms with van der Waals surface area (Å²) in [6.07, 6.45) is 5.60. The minimum Gasteiger partial charge on any atom is -0.366 e. The molecule has 1 fully saturated rings. The third kappa shape index (κ3) is 2.61. The molecule has 1 heterocycles. The van der Waals surface area contributed by atoms with Gasteiger partial charge in [-0.15, -0.1) is 0 Å². The molecule has 1 saturated carbocycles. The smallest absolute Gasteiger partial charge is 0.168 e. The van der Waals surface area contributed by atoms with Gasteiger partial charge in [-0.3, -0.25) is 0 Å². The zero-order valence-corrected chi connectivity index (χ0v) is 10.8. The van der Waals surface area contributed by atoms with Crippen molar-refractivity contribution >= 4 is 5.82 Å². The number of nitrogens with one attached hydrogen (secondary N) is 1. The van der Waals surface area contributed by atoms with Crippen LogP contribution in [0.4, 0.5) is 14.6 Å². The van der Waals surface area contributed by atoms with E-state index in [4.69, 9.17) is 0 Å². The van der Waals surface area contributed by atoms with Crippen LogP contribution in [0.1, 0.15) is 25.7 Å². The number of halogens is 2. The van der Waals surface area contributed by atoms with E-state index < -0.39 is 11.6 Å². The molecule has 100 valence electrons. The molecule has 0 bridgehead atoms. The average molecular weight is 255 g/mol. The molecule has 0 unspecified atom stereocenters. The zero-order valence-electron chi connectivity index (χ0n) is 10.8. The van der Waals surface area contributed by atoms with Crippen LogP contribution in [0.5, 0.6) is 0 Å². The zero-order chi connectivity index (χ0) is 13.2. The Bertz CT molecular complexity index is 415. The van der Waals surface area contributed by atoms with Gasteiger partial charge in [-0.25, -0.2) is 13.8 Å². The topological polar surface area (TPSA) is 28.2 Å². The second-order valence-corrected chi connectivity index (χ2v) is 5.16. The fourth-order valence-electron chi connectivity index (χ4n) is 2.61. The number of nitrogens with zero attached hydrogens (tertiary/aromatic N) is 2. The Hall–Kier alpha value is -1.23. The molecule has 1 aromatic heterocycles. The van der Waals surface area contributed by atoms with Gasteiger partial charge in [0.25, 0.3) is 0 Å². The second-order valence-electron chi connectivity index (χ2n) is 5.16. The Kier molecular flexibility index (Phi) is 3.80. The van der Waals surface area contributed by atoms with Gasteiger partial charge in [0, 0.05) is 18.2 Å². The number of pyridine rings is 1. The normalized spacial score (nSPS) is 18.3. The van der Waals surface area contributed by atoms with Crippen LogP contribution < -0.4 is 5.32 Å². The predicted octanol–water partition coefficient (Wildman–Crippen LogP) is 2.65. The highest BCUT2D eigenvalue weighted by Crippen LogP contribution is 2.33. The van der Waals surface area contributed by atoms with E-state index >= 15 is 0 Å². The lowest BCUT2D eigenvalue weighted by molar-refractivity contribution is 0.172. The maximum Gasteiger partial charge on any atom is 0.168 e. The third-order valence-electron chi connectivity index (χ3n) is 3.88. The first-order valence-corrected chi connectivity index (χ1v) is 6.26. The molecule has 0 aromatic carbocycles. The van der Waals surface area contributed by atoms with Crippen LogP contribution in [-0.4, -0.2) is 36.1 Å². The van der Waals surface area contributed by atoms with Crippen molar-refractivity contribution in [1.82, 2.24) is 9.88 Å². The van der Waals surface area contributed by atoms with E-state index in [-0.39, 0.29) is 11.4 Å². The van der Waals surface area contributed by atoms with Crippen molar-refractivity contribution in [1.29, 1.82) is 0 Å². The van der Waals surface area contributed by atoms with E-state index in [1.807, 2.05) is 14.1 Å². The Balaban J connectivity index is 2.06. The van der Waals surface area contributed by atoms with Crippen LogP contribution in [0.15, 0.2) is 12.3 Å². The van der Waals surface area contributed by atoms with E-state index in [1.54, 1.807) is 0 Å². The average Bonchev–Trinajstić information content (AvgIpc) is 2.78. The van der Waals surface area contributed by atoms with Crippen molar-refractivity contribution in [2.45, 2.75) is 31.2 Å². The van der Waals surface area contributed by atoms with Gasteiger partial charge in [0.05, 0.1) is 6.20 Å². The molecule has 0 radical (unpaired) electrons. The van der Waals surface area contributed by atoms with Crippen LogP contribution in [0, 0.1) is 11.6 Å². The Morgan fingerprint density at radius 1 is 1.33 bits per heavy atom. The minimum absolute atomic E-state index is 0.0580. The van der Waals surface area contributed by atoms with Gasteiger partial charge < -0.3 is 10.2 Å². The van der Waals surface area contributed by atoms with E-state index in [2.05, 4.69) is 15.2 Å². The molecule has 1 aliphatic rings. The van der Waals surface area contributed by atoms with Crippen LogP contribution in [0.3, 0.4) is 0 Å². The highest BCUT2D eigenvalue weighted by Gasteiger charge is 2.35. The summed E-state index contributed by atoms with van der Waals surface area (Å²) in [4.78, 5) is 5.94. The predicted molar refractivity (Wildman–Crippen MR) is 67.5 cm³/mol. The van der Waals surface area contributed by atoms with Gasteiger partial charge >= 0.3 is 0 Å². The minimum atomic E-state index is -0.652. The Labute approximate surface area is 106 Å². The molecule has 0 aliphatic heterocycles. The van der Waals surface area contributed by atoms with Gasteiger partial charge in [-0.1, -0.05) is 12.8 Å².